The fourth-order valence-corrected chi connectivity index (χ4v) is 9.91. The number of ether oxygens (including phenoxy) is 1. The molecule has 6 nitrogen and oxygen atoms in total. The van der Waals surface area contributed by atoms with E-state index in [9.17, 15) is 19.8 Å². The molecule has 0 bridgehead atoms. The van der Waals surface area contributed by atoms with Gasteiger partial charge in [-0.15, -0.1) is 0 Å². The topological polar surface area (TPSA) is 95.9 Å². The van der Waals surface area contributed by atoms with E-state index in [2.05, 4.69) is 43.5 Å². The van der Waals surface area contributed by atoms with Gasteiger partial charge < -0.3 is 20.3 Å². The summed E-state index contributed by atoms with van der Waals surface area (Å²) in [5, 5.41) is 23.2. The van der Waals surface area contributed by atoms with Crippen LogP contribution in [0.2, 0.25) is 0 Å². The van der Waals surface area contributed by atoms with Gasteiger partial charge in [-0.25, -0.2) is 0 Å². The van der Waals surface area contributed by atoms with Gasteiger partial charge in [0, 0.05) is 12.8 Å². The Labute approximate surface area is 437 Å². The lowest BCUT2D eigenvalue weighted by Crippen LogP contribution is -2.45. The van der Waals surface area contributed by atoms with Gasteiger partial charge in [0.05, 0.1) is 25.4 Å². The van der Waals surface area contributed by atoms with Crippen LogP contribution in [0.5, 0.6) is 0 Å². The number of rotatable bonds is 59. The minimum absolute atomic E-state index is 0.0118. The van der Waals surface area contributed by atoms with Crippen LogP contribution < -0.4 is 5.32 Å². The Hall–Kier alpha value is -1.66. The summed E-state index contributed by atoms with van der Waals surface area (Å²) in [6.07, 6.45) is 73.4. The van der Waals surface area contributed by atoms with Crippen molar-refractivity contribution in [2.45, 2.75) is 360 Å². The average molecular weight is 987 g/mol. The first-order valence-electron chi connectivity index (χ1n) is 31.6. The van der Waals surface area contributed by atoms with Crippen molar-refractivity contribution in [2.75, 3.05) is 13.2 Å². The molecule has 0 saturated carbocycles. The van der Waals surface area contributed by atoms with Crippen molar-refractivity contribution >= 4 is 11.9 Å². The molecule has 70 heavy (non-hydrogen) atoms. The minimum Gasteiger partial charge on any atom is -0.466 e. The minimum atomic E-state index is -0.669. The molecule has 414 valence electrons. The number of hydrogen-bond donors (Lipinski definition) is 3. The van der Waals surface area contributed by atoms with Gasteiger partial charge >= 0.3 is 5.97 Å². The second-order valence-corrected chi connectivity index (χ2v) is 21.7. The molecule has 0 fully saturated rings. The van der Waals surface area contributed by atoms with Crippen LogP contribution in [0.25, 0.3) is 0 Å². The van der Waals surface area contributed by atoms with E-state index >= 15 is 0 Å². The van der Waals surface area contributed by atoms with Crippen LogP contribution in [0.4, 0.5) is 0 Å². The van der Waals surface area contributed by atoms with Gasteiger partial charge in [0.15, 0.2) is 0 Å². The second kappa shape index (κ2) is 59.9. The molecule has 0 aromatic heterocycles. The maximum atomic E-state index is 12.5. The molecule has 0 saturated heterocycles. The Morgan fingerprint density at radius 1 is 0.400 bits per heavy atom. The molecule has 0 aromatic carbocycles. The van der Waals surface area contributed by atoms with E-state index in [0.717, 1.165) is 51.4 Å². The number of aliphatic hydroxyl groups excluding tert-OH is 2. The summed E-state index contributed by atoms with van der Waals surface area (Å²) in [6, 6.07) is -0.548. The van der Waals surface area contributed by atoms with Crippen molar-refractivity contribution in [3.05, 3.63) is 24.3 Å². The van der Waals surface area contributed by atoms with Crippen LogP contribution in [0.3, 0.4) is 0 Å². The maximum absolute atomic E-state index is 12.5. The standard InChI is InChI=1S/C64H123NO5/c1-3-5-7-9-11-13-15-17-18-19-28-31-34-38-42-46-50-54-58-64(69)70-59-55-51-47-43-39-35-32-29-26-24-22-20-21-23-25-27-30-33-37-41-45-49-53-57-63(68)65-61(60-66)62(67)56-52-48-44-40-36-16-14-12-10-8-6-4-2/h20,22-23,25,61-62,66-67H,3-19,21,24,26-60H2,1-2H3,(H,65,68)/b22-20-,25-23-. The first-order valence-corrected chi connectivity index (χ1v) is 31.6. The summed E-state index contributed by atoms with van der Waals surface area (Å²) >= 11 is 0. The van der Waals surface area contributed by atoms with Gasteiger partial charge in [-0.2, -0.15) is 0 Å². The molecule has 1 amide bonds. The highest BCUT2D eigenvalue weighted by atomic mass is 16.5. The normalized spacial score (nSPS) is 12.7. The fraction of sp³-hybridized carbons (Fsp3) is 0.906. The molecule has 0 aliphatic heterocycles. The van der Waals surface area contributed by atoms with Crippen molar-refractivity contribution in [3.8, 4) is 0 Å². The Bertz CT molecular complexity index is 1090. The second-order valence-electron chi connectivity index (χ2n) is 21.7. The molecule has 0 aliphatic carbocycles. The predicted molar refractivity (Wildman–Crippen MR) is 306 cm³/mol. The van der Waals surface area contributed by atoms with Crippen molar-refractivity contribution in [1.82, 2.24) is 5.32 Å². The first kappa shape index (κ1) is 68.3. The van der Waals surface area contributed by atoms with Crippen LogP contribution in [-0.2, 0) is 14.3 Å². The molecule has 0 heterocycles. The Morgan fingerprint density at radius 2 is 0.714 bits per heavy atom. The highest BCUT2D eigenvalue weighted by molar-refractivity contribution is 5.76. The van der Waals surface area contributed by atoms with E-state index in [-0.39, 0.29) is 18.5 Å². The van der Waals surface area contributed by atoms with Gasteiger partial charge in [0.1, 0.15) is 0 Å². The summed E-state index contributed by atoms with van der Waals surface area (Å²) in [5.74, 6) is -0.0331. The Morgan fingerprint density at radius 3 is 1.09 bits per heavy atom. The summed E-state index contributed by atoms with van der Waals surface area (Å²) in [5.41, 5.74) is 0. The van der Waals surface area contributed by atoms with Crippen molar-refractivity contribution in [3.63, 3.8) is 0 Å². The lowest BCUT2D eigenvalue weighted by Gasteiger charge is -2.22. The van der Waals surface area contributed by atoms with E-state index in [0.29, 0.717) is 25.9 Å². The van der Waals surface area contributed by atoms with E-state index < -0.39 is 12.1 Å². The van der Waals surface area contributed by atoms with Gasteiger partial charge in [-0.1, -0.05) is 301 Å². The van der Waals surface area contributed by atoms with Crippen molar-refractivity contribution < 1.29 is 24.5 Å². The van der Waals surface area contributed by atoms with Gasteiger partial charge in [0.2, 0.25) is 5.91 Å². The number of aliphatic hydroxyl groups is 2. The molecule has 0 aromatic rings. The zero-order chi connectivity index (χ0) is 50.7. The number of unbranched alkanes of at least 4 members (excludes halogenated alkanes) is 44. The number of carbonyl (C=O) groups is 2. The molecule has 0 radical (unpaired) electrons. The number of hydrogen-bond acceptors (Lipinski definition) is 5. The summed E-state index contributed by atoms with van der Waals surface area (Å²) in [7, 11) is 0. The molecular weight excluding hydrogens is 863 g/mol. The maximum Gasteiger partial charge on any atom is 0.305 e. The molecule has 2 atom stereocenters. The third-order valence-electron chi connectivity index (χ3n) is 14.8. The number of esters is 1. The van der Waals surface area contributed by atoms with E-state index in [1.807, 2.05) is 0 Å². The number of carbonyl (C=O) groups excluding carboxylic acids is 2. The van der Waals surface area contributed by atoms with Crippen LogP contribution in [-0.4, -0.2) is 47.4 Å². The highest BCUT2D eigenvalue weighted by Crippen LogP contribution is 2.18. The lowest BCUT2D eigenvalue weighted by atomic mass is 10.0. The zero-order valence-corrected chi connectivity index (χ0v) is 47.3. The SMILES string of the molecule is CCCCCCCCCCCCCCCCCCCCC(=O)OCCCCCCCCCCC/C=C\C/C=C\CCCCCCCCCC(=O)NC(CO)C(O)CCCCCCCCCCCCCC. The molecule has 3 N–H and O–H groups in total. The molecule has 0 rings (SSSR count). The number of amides is 1. The van der Waals surface area contributed by atoms with Gasteiger partial charge in [0.25, 0.3) is 0 Å². The van der Waals surface area contributed by atoms with E-state index in [1.54, 1.807) is 0 Å². The van der Waals surface area contributed by atoms with Crippen LogP contribution in [0.1, 0.15) is 348 Å². The van der Waals surface area contributed by atoms with Crippen LogP contribution in [0.15, 0.2) is 24.3 Å². The van der Waals surface area contributed by atoms with Gasteiger partial charge in [-0.05, 0) is 57.8 Å². The Kier molecular flexibility index (Phi) is 58.5. The summed E-state index contributed by atoms with van der Waals surface area (Å²) in [4.78, 5) is 24.5. The molecule has 6 heteroatoms. The molecule has 0 spiro atoms. The Balaban J connectivity index is 3.41. The lowest BCUT2D eigenvalue weighted by molar-refractivity contribution is -0.143. The quantitative estimate of drug-likeness (QED) is 0.0321. The van der Waals surface area contributed by atoms with Crippen LogP contribution >= 0.6 is 0 Å². The molecule has 2 unspecified atom stereocenters. The van der Waals surface area contributed by atoms with Crippen molar-refractivity contribution in [1.29, 1.82) is 0 Å². The zero-order valence-electron chi connectivity index (χ0n) is 47.3. The molecule has 0 aliphatic rings. The van der Waals surface area contributed by atoms with E-state index in [4.69, 9.17) is 4.74 Å². The summed E-state index contributed by atoms with van der Waals surface area (Å²) < 4.78 is 5.50. The summed E-state index contributed by atoms with van der Waals surface area (Å²) in [6.45, 7) is 4.96. The monoisotopic (exact) mass is 986 g/mol. The predicted octanol–water partition coefficient (Wildman–Crippen LogP) is 19.8. The third kappa shape index (κ3) is 55.7. The van der Waals surface area contributed by atoms with Gasteiger partial charge in [-0.3, -0.25) is 9.59 Å². The highest BCUT2D eigenvalue weighted by Gasteiger charge is 2.20. The van der Waals surface area contributed by atoms with E-state index in [1.165, 1.54) is 263 Å². The van der Waals surface area contributed by atoms with Crippen LogP contribution in [0, 0.1) is 0 Å². The average Bonchev–Trinajstić information content (AvgIpc) is 3.36. The first-order chi connectivity index (χ1) is 34.5. The smallest absolute Gasteiger partial charge is 0.305 e. The number of nitrogens with one attached hydrogen (secondary N) is 1. The number of allylic oxidation sites excluding steroid dienone is 4. The molecular formula is C64H123NO5. The fourth-order valence-electron chi connectivity index (χ4n) is 9.91. The largest absolute Gasteiger partial charge is 0.466 e. The third-order valence-corrected chi connectivity index (χ3v) is 14.8. The van der Waals surface area contributed by atoms with Crippen molar-refractivity contribution in [2.24, 2.45) is 0 Å².